The van der Waals surface area contributed by atoms with Crippen molar-refractivity contribution in [3.63, 3.8) is 0 Å². The minimum absolute atomic E-state index is 0.0362. The van der Waals surface area contributed by atoms with Crippen molar-refractivity contribution in [1.29, 1.82) is 0 Å². The number of unbranched alkanes of at least 4 members (excludes halogenated alkanes) is 1. The molecule has 0 aromatic heterocycles. The fourth-order valence-corrected chi connectivity index (χ4v) is 3.81. The fraction of sp³-hybridized carbons (Fsp3) is 0.323. The summed E-state index contributed by atoms with van der Waals surface area (Å²) in [4.78, 5) is 34.6. The third kappa shape index (κ3) is 10.7. The van der Waals surface area contributed by atoms with E-state index in [9.17, 15) is 19.5 Å². The van der Waals surface area contributed by atoms with Crippen LogP contribution in [0, 0.1) is 0 Å². The van der Waals surface area contributed by atoms with Crippen LogP contribution in [0.5, 0.6) is 17.2 Å². The van der Waals surface area contributed by atoms with Gasteiger partial charge in [0, 0.05) is 13.0 Å². The molecule has 0 fully saturated rings. The van der Waals surface area contributed by atoms with E-state index < -0.39 is 17.8 Å². The van der Waals surface area contributed by atoms with E-state index in [2.05, 4.69) is 5.32 Å². The van der Waals surface area contributed by atoms with Gasteiger partial charge in [-0.05, 0) is 80.1 Å². The number of carbonyl (C=O) groups is 3. The normalized spacial score (nSPS) is 10.5. The lowest BCUT2D eigenvalue weighted by atomic mass is 10.1. The summed E-state index contributed by atoms with van der Waals surface area (Å²) in [6, 6.07) is 21.7. The van der Waals surface area contributed by atoms with E-state index in [1.54, 1.807) is 0 Å². The number of ether oxygens (including phenoxy) is 3. The summed E-state index contributed by atoms with van der Waals surface area (Å²) in [5.41, 5.74) is 1.18. The minimum atomic E-state index is -1.16. The third-order valence-corrected chi connectivity index (χ3v) is 5.93. The molecule has 9 heteroatoms. The Hall–Kier alpha value is -4.53. The van der Waals surface area contributed by atoms with Crippen LogP contribution in [-0.4, -0.2) is 54.4 Å². The highest BCUT2D eigenvalue weighted by Gasteiger charge is 2.16. The molecule has 0 aliphatic carbocycles. The summed E-state index contributed by atoms with van der Waals surface area (Å²) in [7, 11) is 0. The molecule has 3 N–H and O–H groups in total. The first-order valence-corrected chi connectivity index (χ1v) is 13.3. The molecular weight excluding hydrogens is 514 g/mol. The number of carbonyl (C=O) groups excluding carboxylic acids is 1. The predicted molar refractivity (Wildman–Crippen MR) is 150 cm³/mol. The Bertz CT molecular complexity index is 1230. The minimum Gasteiger partial charge on any atom is -0.494 e. The number of nitrogens with one attached hydrogen (secondary N) is 1. The van der Waals surface area contributed by atoms with Crippen molar-refractivity contribution in [1.82, 2.24) is 5.32 Å². The quantitative estimate of drug-likeness (QED) is 0.184. The molecule has 3 aromatic carbocycles. The summed E-state index contributed by atoms with van der Waals surface area (Å²) in [6.07, 6.45) is 3.42. The highest BCUT2D eigenvalue weighted by molar-refractivity contribution is 5.99. The molecule has 0 atom stereocenters. The molecule has 3 aromatic rings. The van der Waals surface area contributed by atoms with Gasteiger partial charge in [-0.3, -0.25) is 9.59 Å². The van der Waals surface area contributed by atoms with Crippen LogP contribution < -0.4 is 19.5 Å². The van der Waals surface area contributed by atoms with Gasteiger partial charge in [0.2, 0.25) is 0 Å². The van der Waals surface area contributed by atoms with Crippen molar-refractivity contribution in [2.75, 3.05) is 26.4 Å². The van der Waals surface area contributed by atoms with Crippen LogP contribution in [-0.2, 0) is 11.2 Å². The van der Waals surface area contributed by atoms with Gasteiger partial charge in [-0.2, -0.15) is 0 Å². The number of aromatic carboxylic acids is 1. The number of benzene rings is 3. The Kier molecular flexibility index (Phi) is 12.3. The van der Waals surface area contributed by atoms with Gasteiger partial charge < -0.3 is 29.7 Å². The van der Waals surface area contributed by atoms with Gasteiger partial charge in [-0.25, -0.2) is 4.79 Å². The van der Waals surface area contributed by atoms with E-state index in [0.29, 0.717) is 26.2 Å². The summed E-state index contributed by atoms with van der Waals surface area (Å²) in [5, 5.41) is 20.6. The maximum Gasteiger partial charge on any atom is 0.335 e. The molecule has 0 bridgehead atoms. The standard InChI is InChI=1S/C31H35NO8/c33-29(34)11-6-18-32-30(35)27-22-24(31(36)37)14-17-28(27)40-21-7-8-23-12-15-26(16-13-23)39-20-5-4-19-38-25-9-2-1-3-10-25/h1-3,9-10,12-17,22H,4-8,11,18-21H2,(H,32,35)(H,33,34)(H,36,37). The van der Waals surface area contributed by atoms with Crippen LogP contribution in [0.2, 0.25) is 0 Å². The van der Waals surface area contributed by atoms with Gasteiger partial charge in [-0.15, -0.1) is 0 Å². The monoisotopic (exact) mass is 549 g/mol. The molecule has 0 unspecified atom stereocenters. The third-order valence-electron chi connectivity index (χ3n) is 5.93. The number of carboxylic acids is 2. The van der Waals surface area contributed by atoms with Crippen molar-refractivity contribution in [3.8, 4) is 17.2 Å². The molecule has 0 saturated carbocycles. The lowest BCUT2D eigenvalue weighted by molar-refractivity contribution is -0.137. The highest BCUT2D eigenvalue weighted by atomic mass is 16.5. The number of rotatable bonds is 18. The van der Waals surface area contributed by atoms with Gasteiger partial charge in [0.05, 0.1) is 30.9 Å². The maximum atomic E-state index is 12.6. The Labute approximate surface area is 233 Å². The van der Waals surface area contributed by atoms with Crippen LogP contribution in [0.1, 0.15) is 58.4 Å². The highest BCUT2D eigenvalue weighted by Crippen LogP contribution is 2.21. The summed E-state index contributed by atoms with van der Waals surface area (Å²) < 4.78 is 17.3. The molecule has 212 valence electrons. The lowest BCUT2D eigenvalue weighted by Crippen LogP contribution is -2.26. The Morgan fingerprint density at radius 1 is 0.700 bits per heavy atom. The van der Waals surface area contributed by atoms with E-state index in [0.717, 1.165) is 36.3 Å². The largest absolute Gasteiger partial charge is 0.494 e. The summed E-state index contributed by atoms with van der Waals surface area (Å²) in [6.45, 7) is 1.75. The van der Waals surface area contributed by atoms with E-state index in [1.165, 1.54) is 18.2 Å². The molecule has 0 heterocycles. The van der Waals surface area contributed by atoms with Crippen LogP contribution >= 0.6 is 0 Å². The summed E-state index contributed by atoms with van der Waals surface area (Å²) >= 11 is 0. The van der Waals surface area contributed by atoms with Crippen LogP contribution in [0.25, 0.3) is 0 Å². The number of hydrogen-bond acceptors (Lipinski definition) is 6. The Morgan fingerprint density at radius 3 is 2.00 bits per heavy atom. The van der Waals surface area contributed by atoms with Gasteiger partial charge in [-0.1, -0.05) is 30.3 Å². The molecule has 0 aliphatic heterocycles. The molecule has 0 saturated heterocycles. The molecule has 40 heavy (non-hydrogen) atoms. The first-order valence-electron chi connectivity index (χ1n) is 13.3. The first-order chi connectivity index (χ1) is 19.4. The van der Waals surface area contributed by atoms with Crippen LogP contribution in [0.4, 0.5) is 0 Å². The van der Waals surface area contributed by atoms with Gasteiger partial charge in [0.1, 0.15) is 17.2 Å². The maximum absolute atomic E-state index is 12.6. The Balaban J connectivity index is 1.38. The zero-order valence-corrected chi connectivity index (χ0v) is 22.3. The Morgan fingerprint density at radius 2 is 1.35 bits per heavy atom. The molecule has 0 aliphatic rings. The second-order valence-corrected chi connectivity index (χ2v) is 9.08. The molecule has 0 radical (unpaired) electrons. The SMILES string of the molecule is O=C(O)CCCNC(=O)c1cc(C(=O)O)ccc1OCCCc1ccc(OCCCCOc2ccccc2)cc1. The smallest absolute Gasteiger partial charge is 0.335 e. The first kappa shape index (κ1) is 30.0. The molecule has 0 spiro atoms. The van der Waals surface area contributed by atoms with Crippen molar-refractivity contribution < 1.29 is 38.8 Å². The van der Waals surface area contributed by atoms with E-state index in [4.69, 9.17) is 19.3 Å². The number of amides is 1. The second kappa shape index (κ2) is 16.4. The van der Waals surface area contributed by atoms with Crippen LogP contribution in [0.3, 0.4) is 0 Å². The second-order valence-electron chi connectivity index (χ2n) is 9.08. The van der Waals surface area contributed by atoms with Crippen molar-refractivity contribution in [2.45, 2.75) is 38.5 Å². The molecular formula is C31H35NO8. The van der Waals surface area contributed by atoms with Crippen molar-refractivity contribution >= 4 is 17.8 Å². The van der Waals surface area contributed by atoms with E-state index in [-0.39, 0.29) is 36.3 Å². The van der Waals surface area contributed by atoms with Gasteiger partial charge in [0.25, 0.3) is 5.91 Å². The van der Waals surface area contributed by atoms with Gasteiger partial charge >= 0.3 is 11.9 Å². The molecule has 9 nitrogen and oxygen atoms in total. The van der Waals surface area contributed by atoms with Crippen molar-refractivity contribution in [2.24, 2.45) is 0 Å². The number of carboxylic acid groups (broad SMARTS) is 2. The fourth-order valence-electron chi connectivity index (χ4n) is 3.81. The number of aryl methyl sites for hydroxylation is 1. The zero-order chi connectivity index (χ0) is 28.6. The topological polar surface area (TPSA) is 131 Å². The van der Waals surface area contributed by atoms with Gasteiger partial charge in [0.15, 0.2) is 0 Å². The number of para-hydroxylation sites is 1. The van der Waals surface area contributed by atoms with E-state index >= 15 is 0 Å². The average Bonchev–Trinajstić information content (AvgIpc) is 2.96. The zero-order valence-electron chi connectivity index (χ0n) is 22.3. The molecule has 3 rings (SSSR count). The lowest BCUT2D eigenvalue weighted by Gasteiger charge is -2.13. The van der Waals surface area contributed by atoms with Crippen LogP contribution in [0.15, 0.2) is 72.8 Å². The number of aliphatic carboxylic acids is 1. The van der Waals surface area contributed by atoms with E-state index in [1.807, 2.05) is 54.6 Å². The number of hydrogen-bond donors (Lipinski definition) is 3. The predicted octanol–water partition coefficient (Wildman–Crippen LogP) is 5.23. The molecule has 1 amide bonds. The summed E-state index contributed by atoms with van der Waals surface area (Å²) in [5.74, 6) is -0.663. The van der Waals surface area contributed by atoms with Crippen molar-refractivity contribution in [3.05, 3.63) is 89.5 Å². The average molecular weight is 550 g/mol.